The maximum Gasteiger partial charge on any atom is 0.0562 e. The van der Waals surface area contributed by atoms with Crippen LogP contribution in [0.3, 0.4) is 0 Å². The molecule has 2 rings (SSSR count). The van der Waals surface area contributed by atoms with Gasteiger partial charge in [0.05, 0.1) is 6.04 Å². The van der Waals surface area contributed by atoms with E-state index in [9.17, 15) is 0 Å². The Morgan fingerprint density at radius 3 is 2.40 bits per heavy atom. The van der Waals surface area contributed by atoms with Crippen molar-refractivity contribution in [3.05, 3.63) is 56.7 Å². The molecule has 1 nitrogen and oxygen atoms in total. The monoisotopic (exact) mass is 237 g/mol. The molecular weight excluding hydrogens is 226 g/mol. The average molecular weight is 238 g/mol. The molecule has 3 heteroatoms. The summed E-state index contributed by atoms with van der Waals surface area (Å²) in [4.78, 5) is 0. The van der Waals surface area contributed by atoms with Gasteiger partial charge in [-0.15, -0.1) is 0 Å². The Balaban J connectivity index is 2.32. The molecule has 1 aromatic heterocycles. The van der Waals surface area contributed by atoms with Gasteiger partial charge in [-0.05, 0) is 46.5 Å². The molecule has 1 aromatic carbocycles. The van der Waals surface area contributed by atoms with E-state index in [0.29, 0.717) is 0 Å². The van der Waals surface area contributed by atoms with Crippen molar-refractivity contribution in [2.24, 2.45) is 5.73 Å². The fraction of sp³-hybridized carbons (Fsp3) is 0.167. The minimum atomic E-state index is -0.0477. The van der Waals surface area contributed by atoms with Gasteiger partial charge in [-0.2, -0.15) is 11.3 Å². The fourth-order valence-corrected chi connectivity index (χ4v) is 2.55. The number of nitrogens with two attached hydrogens (primary N) is 1. The summed E-state index contributed by atoms with van der Waals surface area (Å²) >= 11 is 7.52. The first-order chi connectivity index (χ1) is 7.18. The van der Waals surface area contributed by atoms with Crippen LogP contribution in [0.25, 0.3) is 0 Å². The third-order valence-electron chi connectivity index (χ3n) is 2.46. The summed E-state index contributed by atoms with van der Waals surface area (Å²) in [6.45, 7) is 2.08. The lowest BCUT2D eigenvalue weighted by molar-refractivity contribution is 0.868. The number of benzene rings is 1. The van der Waals surface area contributed by atoms with Crippen LogP contribution in [0.5, 0.6) is 0 Å². The van der Waals surface area contributed by atoms with E-state index in [2.05, 4.69) is 17.7 Å². The number of halogens is 1. The maximum absolute atomic E-state index is 6.18. The molecule has 2 N–H and O–H groups in total. The van der Waals surface area contributed by atoms with Gasteiger partial charge in [0.25, 0.3) is 0 Å². The Labute approximate surface area is 98.5 Å². The zero-order chi connectivity index (χ0) is 10.8. The summed E-state index contributed by atoms with van der Waals surface area (Å²) in [7, 11) is 0. The highest BCUT2D eigenvalue weighted by atomic mass is 35.5. The molecule has 0 aliphatic heterocycles. The van der Waals surface area contributed by atoms with Crippen LogP contribution in [0.2, 0.25) is 5.02 Å². The van der Waals surface area contributed by atoms with Crippen molar-refractivity contribution in [2.75, 3.05) is 0 Å². The molecule has 0 amide bonds. The smallest absolute Gasteiger partial charge is 0.0562 e. The molecule has 2 aromatic rings. The van der Waals surface area contributed by atoms with E-state index in [0.717, 1.165) is 10.6 Å². The maximum atomic E-state index is 6.18. The van der Waals surface area contributed by atoms with Gasteiger partial charge in [-0.1, -0.05) is 23.7 Å². The largest absolute Gasteiger partial charge is 0.320 e. The lowest BCUT2D eigenvalue weighted by atomic mass is 10.00. The quantitative estimate of drug-likeness (QED) is 0.846. The lowest BCUT2D eigenvalue weighted by Gasteiger charge is -2.11. The van der Waals surface area contributed by atoms with Crippen LogP contribution in [0.4, 0.5) is 0 Å². The summed E-state index contributed by atoms with van der Waals surface area (Å²) in [5.41, 5.74) is 9.72. The SMILES string of the molecule is Cc1cscc1C(N)c1ccc(Cl)cc1. The molecular formula is C12H12ClNS. The van der Waals surface area contributed by atoms with Gasteiger partial charge in [-0.3, -0.25) is 0 Å². The van der Waals surface area contributed by atoms with E-state index in [1.807, 2.05) is 24.3 Å². The first-order valence-corrected chi connectivity index (χ1v) is 6.04. The molecule has 15 heavy (non-hydrogen) atoms. The predicted molar refractivity (Wildman–Crippen MR) is 66.5 cm³/mol. The Kier molecular flexibility index (Phi) is 3.10. The van der Waals surface area contributed by atoms with Gasteiger partial charge in [0.1, 0.15) is 0 Å². The van der Waals surface area contributed by atoms with E-state index in [4.69, 9.17) is 17.3 Å². The number of thiophene rings is 1. The molecule has 0 fully saturated rings. The van der Waals surface area contributed by atoms with Crippen molar-refractivity contribution < 1.29 is 0 Å². The van der Waals surface area contributed by atoms with Gasteiger partial charge in [0.2, 0.25) is 0 Å². The van der Waals surface area contributed by atoms with Crippen LogP contribution in [0.1, 0.15) is 22.7 Å². The number of aryl methyl sites for hydroxylation is 1. The predicted octanol–water partition coefficient (Wildman–Crippen LogP) is 3.76. The molecule has 0 radical (unpaired) electrons. The summed E-state index contributed by atoms with van der Waals surface area (Å²) in [5.74, 6) is 0. The Hall–Kier alpha value is -0.830. The first-order valence-electron chi connectivity index (χ1n) is 4.72. The third kappa shape index (κ3) is 2.23. The lowest BCUT2D eigenvalue weighted by Crippen LogP contribution is -2.11. The normalized spacial score (nSPS) is 12.7. The molecule has 0 aliphatic rings. The van der Waals surface area contributed by atoms with Crippen LogP contribution in [0.15, 0.2) is 35.0 Å². The molecule has 1 unspecified atom stereocenters. The molecule has 0 aliphatic carbocycles. The number of hydrogen-bond donors (Lipinski definition) is 1. The average Bonchev–Trinajstić information content (AvgIpc) is 2.65. The van der Waals surface area contributed by atoms with Crippen LogP contribution in [-0.4, -0.2) is 0 Å². The topological polar surface area (TPSA) is 26.0 Å². The van der Waals surface area contributed by atoms with Gasteiger partial charge in [-0.25, -0.2) is 0 Å². The number of hydrogen-bond acceptors (Lipinski definition) is 2. The molecule has 1 atom stereocenters. The van der Waals surface area contributed by atoms with E-state index >= 15 is 0 Å². The molecule has 0 saturated heterocycles. The van der Waals surface area contributed by atoms with Crippen LogP contribution in [0, 0.1) is 6.92 Å². The van der Waals surface area contributed by atoms with Crippen molar-refractivity contribution in [3.8, 4) is 0 Å². The highest BCUT2D eigenvalue weighted by Crippen LogP contribution is 2.26. The highest BCUT2D eigenvalue weighted by molar-refractivity contribution is 7.08. The van der Waals surface area contributed by atoms with Gasteiger partial charge >= 0.3 is 0 Å². The Morgan fingerprint density at radius 2 is 1.87 bits per heavy atom. The van der Waals surface area contributed by atoms with Gasteiger partial charge in [0.15, 0.2) is 0 Å². The zero-order valence-corrected chi connectivity index (χ0v) is 9.98. The van der Waals surface area contributed by atoms with E-state index in [1.165, 1.54) is 11.1 Å². The second-order valence-corrected chi connectivity index (χ2v) is 4.72. The minimum absolute atomic E-state index is 0.0477. The van der Waals surface area contributed by atoms with Crippen LogP contribution in [-0.2, 0) is 0 Å². The van der Waals surface area contributed by atoms with Gasteiger partial charge in [0, 0.05) is 5.02 Å². The van der Waals surface area contributed by atoms with Crippen molar-refractivity contribution in [3.63, 3.8) is 0 Å². The fourth-order valence-electron chi connectivity index (χ4n) is 1.54. The van der Waals surface area contributed by atoms with E-state index in [-0.39, 0.29) is 6.04 Å². The van der Waals surface area contributed by atoms with Crippen molar-refractivity contribution in [2.45, 2.75) is 13.0 Å². The molecule has 78 valence electrons. The summed E-state index contributed by atoms with van der Waals surface area (Å²) in [6.07, 6.45) is 0. The standard InChI is InChI=1S/C12H12ClNS/c1-8-6-15-7-11(8)12(14)9-2-4-10(13)5-3-9/h2-7,12H,14H2,1H3. The summed E-state index contributed by atoms with van der Waals surface area (Å²) in [6, 6.07) is 7.65. The summed E-state index contributed by atoms with van der Waals surface area (Å²) in [5, 5.41) is 4.97. The Morgan fingerprint density at radius 1 is 1.20 bits per heavy atom. The van der Waals surface area contributed by atoms with Crippen molar-refractivity contribution in [1.82, 2.24) is 0 Å². The van der Waals surface area contributed by atoms with E-state index in [1.54, 1.807) is 11.3 Å². The second-order valence-electron chi connectivity index (χ2n) is 3.54. The highest BCUT2D eigenvalue weighted by Gasteiger charge is 2.11. The zero-order valence-electron chi connectivity index (χ0n) is 8.41. The second kappa shape index (κ2) is 4.35. The minimum Gasteiger partial charge on any atom is -0.320 e. The van der Waals surface area contributed by atoms with Crippen molar-refractivity contribution in [1.29, 1.82) is 0 Å². The van der Waals surface area contributed by atoms with Gasteiger partial charge < -0.3 is 5.73 Å². The molecule has 0 saturated carbocycles. The molecule has 0 spiro atoms. The van der Waals surface area contributed by atoms with E-state index < -0.39 is 0 Å². The Bertz CT molecular complexity index is 447. The molecule has 0 bridgehead atoms. The van der Waals surface area contributed by atoms with Crippen LogP contribution < -0.4 is 5.73 Å². The first kappa shape index (κ1) is 10.7. The summed E-state index contributed by atoms with van der Waals surface area (Å²) < 4.78 is 0. The van der Waals surface area contributed by atoms with Crippen molar-refractivity contribution >= 4 is 22.9 Å². The van der Waals surface area contributed by atoms with Crippen LogP contribution >= 0.6 is 22.9 Å². The molecule has 1 heterocycles. The third-order valence-corrected chi connectivity index (χ3v) is 3.59. The number of rotatable bonds is 2.